The molecule has 0 radical (unpaired) electrons. The predicted molar refractivity (Wildman–Crippen MR) is 586 cm³/mol. The van der Waals surface area contributed by atoms with E-state index in [0.717, 1.165) is 183 Å². The van der Waals surface area contributed by atoms with Crippen molar-refractivity contribution in [3.05, 3.63) is 297 Å². The molecule has 5 saturated heterocycles. The van der Waals surface area contributed by atoms with Gasteiger partial charge in [-0.15, -0.1) is 35.3 Å². The van der Waals surface area contributed by atoms with Gasteiger partial charge in [0.15, 0.2) is 0 Å². The number of para-hydroxylation sites is 2. The van der Waals surface area contributed by atoms with E-state index in [1.165, 1.54) is 196 Å². The zero-order valence-corrected chi connectivity index (χ0v) is 85.4. The summed E-state index contributed by atoms with van der Waals surface area (Å²) in [5, 5.41) is 8.65. The van der Waals surface area contributed by atoms with Crippen LogP contribution < -0.4 is 34.0 Å². The molecule has 10 aromatic carbocycles. The van der Waals surface area contributed by atoms with E-state index in [0.29, 0.717) is 16.7 Å². The van der Waals surface area contributed by atoms with E-state index in [9.17, 15) is 0 Å². The van der Waals surface area contributed by atoms with Gasteiger partial charge in [0, 0.05) is 297 Å². The van der Waals surface area contributed by atoms with Gasteiger partial charge in [0.2, 0.25) is 0 Å². The van der Waals surface area contributed by atoms with E-state index >= 15 is 0 Å². The van der Waals surface area contributed by atoms with Crippen molar-refractivity contribution in [2.45, 2.75) is 102 Å². The first kappa shape index (κ1) is 99.2. The molecule has 20 rings (SSSR count). The summed E-state index contributed by atoms with van der Waals surface area (Å²) in [7, 11) is 0. The van der Waals surface area contributed by atoms with Gasteiger partial charge >= 0.3 is 0 Å². The third kappa shape index (κ3) is 26.6. The van der Waals surface area contributed by atoms with Crippen LogP contribution in [-0.2, 0) is 6.42 Å². The number of halogens is 3. The summed E-state index contributed by atoms with van der Waals surface area (Å²) in [5.74, 6) is 5.34. The van der Waals surface area contributed by atoms with Gasteiger partial charge in [-0.3, -0.25) is 24.5 Å². The molecule has 5 aliphatic heterocycles. The SMILES string of the molecule is CCCCCc1cccc(Cl)c1OCCN1CCN(c2cccc3[nH]ccc23)CC1.Cc1ccc(SCCN2CCN(c3cccc4[nH]ccc34)CC2)c(C)c1.Cc1cccc(C)c1OCCN1CCN(c2cccc3[nH]ccc23)CC1.Cc1cccc(C)c1SCCCCN1CCN(c2cccc3[nH]ccc23)CC1.Clc1cccc(SCCN2CCN(c3cccc4[nH]ccc34)CC2)c1Cl. The first-order chi connectivity index (χ1) is 66.6. The van der Waals surface area contributed by atoms with Gasteiger partial charge in [0.1, 0.15) is 24.7 Å². The number of aryl methyl sites for hydroxylation is 7. The summed E-state index contributed by atoms with van der Waals surface area (Å²) in [6, 6.07) is 75.2. The Morgan fingerprint density at radius 3 is 1.05 bits per heavy atom. The molecule has 23 heteroatoms. The number of nitrogens with one attached hydrogen (secondary N) is 5. The predicted octanol–water partition coefficient (Wildman–Crippen LogP) is 25.3. The summed E-state index contributed by atoms with van der Waals surface area (Å²) >= 11 is 24.6. The highest BCUT2D eigenvalue weighted by molar-refractivity contribution is 7.99. The van der Waals surface area contributed by atoms with Crippen LogP contribution in [0.1, 0.15) is 78.0 Å². The number of anilines is 5. The summed E-state index contributed by atoms with van der Waals surface area (Å²) in [4.78, 5) is 45.9. The molecule has 17 nitrogen and oxygen atoms in total. The molecule has 15 aromatic rings. The molecule has 0 spiro atoms. The summed E-state index contributed by atoms with van der Waals surface area (Å²) in [6.07, 6.45) is 17.4. The first-order valence-corrected chi connectivity index (χ1v) is 53.4. The zero-order chi connectivity index (χ0) is 93.9. The van der Waals surface area contributed by atoms with Crippen LogP contribution in [0.4, 0.5) is 28.4 Å². The molecule has 136 heavy (non-hydrogen) atoms. The number of H-pyrrole nitrogens is 5. The highest BCUT2D eigenvalue weighted by Gasteiger charge is 2.26. The second kappa shape index (κ2) is 50.2. The van der Waals surface area contributed by atoms with Crippen molar-refractivity contribution >= 4 is 153 Å². The standard InChI is InChI=1S/C25H32ClN3O.C24H31N3S.C22H27N3O.C22H27N3S.C20H21Cl2N3S/c1-2-3-4-7-20-8-5-9-22(26)25(20)30-19-18-28-14-16-29(17-15-28)24-11-6-10-23-21(24)12-13-27-23;1-19-7-5-8-20(2)24(19)28-18-4-3-13-26-14-16-27(17-15-26)23-10-6-9-22-21(23)11-12-25-22;1-17-5-3-6-18(2)22(17)26-16-15-24-11-13-25(14-12-24)21-8-4-7-20-19(21)9-10-23-20;1-17-6-7-22(18(2)16-17)26-15-14-24-10-12-25(13-11-24)21-5-3-4-20-19(21)8-9-23-20;21-16-3-1-6-19(20(16)22)26-14-13-24-9-11-25(12-10-24)18-5-2-4-17-15(18)7-8-23-17/h5-6,8-13,27H,2-4,7,14-19H2,1H3;5-12,25H,3-4,13-18H2,1-2H3;3-10,23H,11-16H2,1-2H3;3-9,16,23H,10-15H2,1-2H3;1-8,23H,9-14H2. The number of aromatic amines is 5. The maximum atomic E-state index is 6.44. The lowest BCUT2D eigenvalue weighted by atomic mass is 10.1. The first-order valence-electron chi connectivity index (χ1n) is 49.4. The molecule has 0 unspecified atom stereocenters. The Hall–Kier alpha value is -9.78. The van der Waals surface area contributed by atoms with Crippen molar-refractivity contribution in [2.24, 2.45) is 0 Å². The topological polar surface area (TPSA) is 130 Å². The van der Waals surface area contributed by atoms with Crippen LogP contribution in [0.25, 0.3) is 54.5 Å². The third-order valence-corrected chi connectivity index (χ3v) is 32.2. The summed E-state index contributed by atoms with van der Waals surface area (Å²) in [6.45, 7) is 44.0. The quantitative estimate of drug-likeness (QED) is 0.0209. The molecule has 5 fully saturated rings. The van der Waals surface area contributed by atoms with Crippen molar-refractivity contribution < 1.29 is 9.47 Å². The second-order valence-corrected chi connectivity index (χ2v) is 41.2. The van der Waals surface area contributed by atoms with Gasteiger partial charge in [0.05, 0.1) is 15.1 Å². The largest absolute Gasteiger partial charge is 0.492 e. The van der Waals surface area contributed by atoms with E-state index in [4.69, 9.17) is 44.3 Å². The average molecular weight is 1940 g/mol. The molecule has 5 aromatic heterocycles. The molecule has 5 N–H and O–H groups in total. The Balaban J connectivity index is 0.000000123. The van der Waals surface area contributed by atoms with Crippen LogP contribution in [0.5, 0.6) is 11.5 Å². The molecule has 0 amide bonds. The van der Waals surface area contributed by atoms with Gasteiger partial charge in [-0.25, -0.2) is 0 Å². The molecule has 10 heterocycles. The zero-order valence-electron chi connectivity index (χ0n) is 80.7. The number of unbranched alkanes of at least 4 members (excludes halogenated alkanes) is 3. The summed E-state index contributed by atoms with van der Waals surface area (Å²) in [5.41, 5.74) is 22.1. The number of thioether (sulfide) groups is 3. The maximum Gasteiger partial charge on any atom is 0.141 e. The fourth-order valence-corrected chi connectivity index (χ4v) is 23.5. The van der Waals surface area contributed by atoms with E-state index in [2.05, 4.69) is 304 Å². The lowest BCUT2D eigenvalue weighted by Gasteiger charge is -2.36. The molecule has 716 valence electrons. The molecular formula is C113H138Cl3N15O2S3. The number of hydrogen-bond donors (Lipinski definition) is 5. The van der Waals surface area contributed by atoms with Crippen molar-refractivity contribution in [3.8, 4) is 11.5 Å². The fourth-order valence-electron chi connectivity index (χ4n) is 19.6. The molecule has 5 aliphatic rings. The van der Waals surface area contributed by atoms with Crippen molar-refractivity contribution in [2.75, 3.05) is 219 Å². The lowest BCUT2D eigenvalue weighted by molar-refractivity contribution is 0.199. The molecular weight excluding hydrogens is 1800 g/mol. The van der Waals surface area contributed by atoms with Crippen LogP contribution in [0.3, 0.4) is 0 Å². The minimum Gasteiger partial charge on any atom is -0.492 e. The van der Waals surface area contributed by atoms with Gasteiger partial charge in [-0.1, -0.05) is 157 Å². The van der Waals surface area contributed by atoms with Gasteiger partial charge in [-0.05, 0) is 228 Å². The number of piperazine rings is 5. The van der Waals surface area contributed by atoms with Crippen LogP contribution in [0.2, 0.25) is 15.1 Å². The number of aromatic nitrogens is 5. The Bertz CT molecular complexity index is 6210. The number of rotatable bonds is 31. The van der Waals surface area contributed by atoms with Crippen molar-refractivity contribution in [1.29, 1.82) is 0 Å². The van der Waals surface area contributed by atoms with Gasteiger partial charge in [-0.2, -0.15) is 0 Å². The fraction of sp³-hybridized carbons (Fsp3) is 0.381. The number of hydrogen-bond acceptors (Lipinski definition) is 15. The highest BCUT2D eigenvalue weighted by Crippen LogP contribution is 2.38. The van der Waals surface area contributed by atoms with Crippen LogP contribution in [-0.4, -0.2) is 244 Å². The monoisotopic (exact) mass is 1940 g/mol. The van der Waals surface area contributed by atoms with Crippen LogP contribution in [0, 0.1) is 41.5 Å². The van der Waals surface area contributed by atoms with E-state index in [-0.39, 0.29) is 0 Å². The third-order valence-electron chi connectivity index (χ3n) is 27.3. The van der Waals surface area contributed by atoms with E-state index < -0.39 is 0 Å². The molecule has 0 aliphatic carbocycles. The maximum absolute atomic E-state index is 6.44. The minimum absolute atomic E-state index is 0.629. The molecule has 0 atom stereocenters. The normalized spacial score (nSPS) is 15.5. The number of benzene rings is 10. The van der Waals surface area contributed by atoms with Crippen molar-refractivity contribution in [3.63, 3.8) is 0 Å². The van der Waals surface area contributed by atoms with Crippen LogP contribution >= 0.6 is 70.1 Å². The highest BCUT2D eigenvalue weighted by atomic mass is 35.5. The summed E-state index contributed by atoms with van der Waals surface area (Å²) < 4.78 is 12.2. The van der Waals surface area contributed by atoms with E-state index in [1.54, 1.807) is 11.8 Å². The van der Waals surface area contributed by atoms with Gasteiger partial charge in [0.25, 0.3) is 0 Å². The Morgan fingerprint density at radius 1 is 0.294 bits per heavy atom. The lowest BCUT2D eigenvalue weighted by Crippen LogP contribution is -2.47. The smallest absolute Gasteiger partial charge is 0.141 e. The number of nitrogens with zero attached hydrogens (tertiary/aromatic N) is 10. The molecule has 0 saturated carbocycles. The second-order valence-electron chi connectivity index (χ2n) is 36.6. The number of fused-ring (bicyclic) bond motifs is 5. The average Bonchev–Trinajstić information content (AvgIpc) is 1.63. The minimum atomic E-state index is 0.629. The van der Waals surface area contributed by atoms with Gasteiger partial charge < -0.3 is 58.9 Å². The van der Waals surface area contributed by atoms with E-state index in [1.807, 2.05) is 84.8 Å². The Morgan fingerprint density at radius 2 is 0.647 bits per heavy atom. The Labute approximate surface area is 834 Å². The number of ether oxygens (including phenoxy) is 2. The van der Waals surface area contributed by atoms with Crippen molar-refractivity contribution in [1.82, 2.24) is 49.4 Å². The Kier molecular flexibility index (Phi) is 36.6. The molecule has 0 bridgehead atoms. The van der Waals surface area contributed by atoms with Crippen LogP contribution in [0.15, 0.2) is 258 Å².